The van der Waals surface area contributed by atoms with Crippen molar-refractivity contribution < 1.29 is 0 Å². The van der Waals surface area contributed by atoms with E-state index in [-0.39, 0.29) is 6.04 Å². The van der Waals surface area contributed by atoms with Crippen LogP contribution in [0.25, 0.3) is 0 Å². The summed E-state index contributed by atoms with van der Waals surface area (Å²) in [5, 5.41) is 1.13. The second-order valence-corrected chi connectivity index (χ2v) is 6.21. The van der Waals surface area contributed by atoms with Crippen LogP contribution >= 0.6 is 11.3 Å². The second kappa shape index (κ2) is 3.76. The Balaban J connectivity index is 2.11. The molecule has 0 aromatic carbocycles. The summed E-state index contributed by atoms with van der Waals surface area (Å²) in [7, 11) is 0. The van der Waals surface area contributed by atoms with Crippen molar-refractivity contribution in [2.24, 2.45) is 11.1 Å². The molecule has 0 radical (unpaired) electrons. The molecule has 1 unspecified atom stereocenters. The maximum Gasteiger partial charge on any atom is 0.185 e. The number of rotatable bonds is 2. The molecule has 0 aliphatic carbocycles. The minimum Gasteiger partial charge on any atom is -0.348 e. The van der Waals surface area contributed by atoms with E-state index in [4.69, 9.17) is 5.73 Å². The van der Waals surface area contributed by atoms with Crippen molar-refractivity contribution in [2.75, 3.05) is 18.0 Å². The van der Waals surface area contributed by atoms with Crippen molar-refractivity contribution in [3.05, 3.63) is 11.1 Å². The maximum atomic E-state index is 5.83. The summed E-state index contributed by atoms with van der Waals surface area (Å²) >= 11 is 1.73. The number of aromatic nitrogens is 1. The van der Waals surface area contributed by atoms with Gasteiger partial charge < -0.3 is 10.6 Å². The highest BCUT2D eigenvalue weighted by Crippen LogP contribution is 2.35. The van der Waals surface area contributed by atoms with Crippen LogP contribution in [0.3, 0.4) is 0 Å². The van der Waals surface area contributed by atoms with Crippen molar-refractivity contribution in [2.45, 2.75) is 33.2 Å². The van der Waals surface area contributed by atoms with Gasteiger partial charge in [0.05, 0.1) is 0 Å². The quantitative estimate of drug-likeness (QED) is 0.840. The number of nitrogens with zero attached hydrogens (tertiary/aromatic N) is 2. The molecule has 1 aliphatic heterocycles. The van der Waals surface area contributed by atoms with Crippen LogP contribution in [0.2, 0.25) is 0 Å². The van der Waals surface area contributed by atoms with Crippen molar-refractivity contribution in [3.63, 3.8) is 0 Å². The van der Waals surface area contributed by atoms with Crippen LogP contribution in [-0.4, -0.2) is 18.1 Å². The molecule has 2 N–H and O–H groups in total. The summed E-state index contributed by atoms with van der Waals surface area (Å²) in [6.07, 6.45) is 3.16. The lowest BCUT2D eigenvalue weighted by molar-refractivity contribution is 0.418. The van der Waals surface area contributed by atoms with Gasteiger partial charge in [-0.05, 0) is 18.8 Å². The first-order chi connectivity index (χ1) is 6.98. The van der Waals surface area contributed by atoms with Crippen LogP contribution in [0.5, 0.6) is 0 Å². The van der Waals surface area contributed by atoms with Crippen LogP contribution in [0.1, 0.15) is 38.1 Å². The average molecular weight is 225 g/mol. The molecule has 0 spiro atoms. The van der Waals surface area contributed by atoms with E-state index in [2.05, 4.69) is 23.7 Å². The van der Waals surface area contributed by atoms with E-state index in [0.717, 1.165) is 18.2 Å². The zero-order valence-electron chi connectivity index (χ0n) is 9.66. The third-order valence-electron chi connectivity index (χ3n) is 2.91. The van der Waals surface area contributed by atoms with Gasteiger partial charge in [-0.3, -0.25) is 0 Å². The first kappa shape index (κ1) is 10.9. The second-order valence-electron chi connectivity index (χ2n) is 5.17. The topological polar surface area (TPSA) is 42.1 Å². The van der Waals surface area contributed by atoms with Crippen molar-refractivity contribution in [3.8, 4) is 0 Å². The van der Waals surface area contributed by atoms with Crippen molar-refractivity contribution >= 4 is 16.5 Å². The molecule has 15 heavy (non-hydrogen) atoms. The summed E-state index contributed by atoms with van der Waals surface area (Å²) in [5.41, 5.74) is 6.26. The molecule has 1 aromatic heterocycles. The fourth-order valence-corrected chi connectivity index (χ4v) is 2.80. The van der Waals surface area contributed by atoms with Gasteiger partial charge in [-0.25, -0.2) is 4.98 Å². The molecular formula is C11H19N3S. The fraction of sp³-hybridized carbons (Fsp3) is 0.727. The number of anilines is 1. The van der Waals surface area contributed by atoms with Gasteiger partial charge in [0.1, 0.15) is 0 Å². The molecule has 0 saturated carbocycles. The van der Waals surface area contributed by atoms with E-state index in [9.17, 15) is 0 Å². The van der Waals surface area contributed by atoms with E-state index >= 15 is 0 Å². The van der Waals surface area contributed by atoms with Gasteiger partial charge in [0.15, 0.2) is 5.13 Å². The van der Waals surface area contributed by atoms with E-state index in [1.807, 2.05) is 13.1 Å². The van der Waals surface area contributed by atoms with Gasteiger partial charge >= 0.3 is 0 Å². The summed E-state index contributed by atoms with van der Waals surface area (Å²) in [5.74, 6) is 0. The third kappa shape index (κ3) is 2.32. The SMILES string of the molecule is CC(N)c1cnc(N2CCC(C)(C)C2)s1. The molecular weight excluding hydrogens is 206 g/mol. The number of hydrogen-bond acceptors (Lipinski definition) is 4. The molecule has 3 nitrogen and oxygen atoms in total. The van der Waals surface area contributed by atoms with Crippen LogP contribution in [0.15, 0.2) is 6.20 Å². The summed E-state index contributed by atoms with van der Waals surface area (Å²) in [6.45, 7) is 8.86. The Morgan fingerprint density at radius 3 is 2.80 bits per heavy atom. The monoisotopic (exact) mass is 225 g/mol. The Morgan fingerprint density at radius 1 is 1.60 bits per heavy atom. The Labute approximate surface area is 95.3 Å². The fourth-order valence-electron chi connectivity index (χ4n) is 1.91. The Bertz CT molecular complexity index is 343. The molecule has 1 atom stereocenters. The van der Waals surface area contributed by atoms with Gasteiger partial charge in [-0.15, -0.1) is 11.3 Å². The van der Waals surface area contributed by atoms with Gasteiger partial charge in [-0.2, -0.15) is 0 Å². The van der Waals surface area contributed by atoms with Crippen molar-refractivity contribution in [1.82, 2.24) is 4.98 Å². The summed E-state index contributed by atoms with van der Waals surface area (Å²) in [6, 6.07) is 0.104. The first-order valence-corrected chi connectivity index (χ1v) is 6.26. The highest BCUT2D eigenvalue weighted by Gasteiger charge is 2.30. The molecule has 1 fully saturated rings. The third-order valence-corrected chi connectivity index (χ3v) is 4.17. The smallest absolute Gasteiger partial charge is 0.185 e. The lowest BCUT2D eigenvalue weighted by atomic mass is 9.93. The Hall–Kier alpha value is -0.610. The molecule has 84 valence electrons. The molecule has 2 rings (SSSR count). The molecule has 1 saturated heterocycles. The molecule has 1 aliphatic rings. The van der Waals surface area contributed by atoms with Gasteiger partial charge in [0.25, 0.3) is 0 Å². The Morgan fingerprint density at radius 2 is 2.33 bits per heavy atom. The summed E-state index contributed by atoms with van der Waals surface area (Å²) in [4.78, 5) is 8.00. The van der Waals surface area contributed by atoms with Crippen LogP contribution in [0, 0.1) is 5.41 Å². The predicted octanol–water partition coefficient (Wildman–Crippen LogP) is 2.40. The lowest BCUT2D eigenvalue weighted by Crippen LogP contribution is -2.22. The van der Waals surface area contributed by atoms with E-state index in [1.165, 1.54) is 11.3 Å². The van der Waals surface area contributed by atoms with E-state index < -0.39 is 0 Å². The van der Waals surface area contributed by atoms with Gasteiger partial charge in [0, 0.05) is 30.2 Å². The molecule has 2 heterocycles. The van der Waals surface area contributed by atoms with Crippen LogP contribution in [-0.2, 0) is 0 Å². The molecule has 1 aromatic rings. The average Bonchev–Trinajstić information content (AvgIpc) is 2.70. The normalized spacial score (nSPS) is 22.0. The van der Waals surface area contributed by atoms with Gasteiger partial charge in [0.2, 0.25) is 0 Å². The standard InChI is InChI=1S/C11H19N3S/c1-8(12)9-6-13-10(15-9)14-5-4-11(2,3)7-14/h6,8H,4-5,7,12H2,1-3H3. The van der Waals surface area contributed by atoms with Crippen LogP contribution < -0.4 is 10.6 Å². The highest BCUT2D eigenvalue weighted by molar-refractivity contribution is 7.15. The van der Waals surface area contributed by atoms with E-state index in [0.29, 0.717) is 5.41 Å². The van der Waals surface area contributed by atoms with Gasteiger partial charge in [-0.1, -0.05) is 13.8 Å². The lowest BCUT2D eigenvalue weighted by Gasteiger charge is -2.18. The molecule has 0 bridgehead atoms. The zero-order valence-corrected chi connectivity index (χ0v) is 10.5. The Kier molecular flexibility index (Phi) is 2.73. The minimum absolute atomic E-state index is 0.104. The largest absolute Gasteiger partial charge is 0.348 e. The molecule has 0 amide bonds. The summed E-state index contributed by atoms with van der Waals surface area (Å²) < 4.78 is 0. The van der Waals surface area contributed by atoms with Crippen molar-refractivity contribution in [1.29, 1.82) is 0 Å². The predicted molar refractivity (Wildman–Crippen MR) is 65.3 cm³/mol. The minimum atomic E-state index is 0.104. The molecule has 4 heteroatoms. The maximum absolute atomic E-state index is 5.83. The highest BCUT2D eigenvalue weighted by atomic mass is 32.1. The zero-order chi connectivity index (χ0) is 11.1. The number of thiazole rings is 1. The first-order valence-electron chi connectivity index (χ1n) is 5.44. The number of nitrogens with two attached hydrogens (primary N) is 1. The van der Waals surface area contributed by atoms with E-state index in [1.54, 1.807) is 11.3 Å². The van der Waals surface area contributed by atoms with Crippen LogP contribution in [0.4, 0.5) is 5.13 Å². The number of hydrogen-bond donors (Lipinski definition) is 1.